The molecule has 1 unspecified atom stereocenters. The molecule has 0 aliphatic carbocycles. The molecular formula is C21H20FN5O2S. The molecule has 0 spiro atoms. The molecule has 0 bridgehead atoms. The molecule has 4 rings (SSSR count). The number of aryl methyl sites for hydroxylation is 1. The van der Waals surface area contributed by atoms with Gasteiger partial charge in [-0.05, 0) is 47.5 Å². The molecule has 0 radical (unpaired) electrons. The number of nitrogens with zero attached hydrogens (tertiary/aromatic N) is 5. The topological polar surface area (TPSA) is 72.6 Å². The first-order valence-corrected chi connectivity index (χ1v) is 10.3. The van der Waals surface area contributed by atoms with Gasteiger partial charge in [-0.15, -0.1) is 10.2 Å². The summed E-state index contributed by atoms with van der Waals surface area (Å²) in [6, 6.07) is 13.5. The van der Waals surface area contributed by atoms with Crippen LogP contribution in [0.3, 0.4) is 0 Å². The molecule has 9 heteroatoms. The van der Waals surface area contributed by atoms with Crippen molar-refractivity contribution in [2.75, 3.05) is 12.9 Å². The maximum atomic E-state index is 13.4. The van der Waals surface area contributed by atoms with Crippen molar-refractivity contribution >= 4 is 23.4 Å². The number of carbonyl (C=O) groups is 1. The van der Waals surface area contributed by atoms with Crippen LogP contribution < -0.4 is 4.74 Å². The minimum Gasteiger partial charge on any atom is -0.497 e. The molecule has 0 saturated carbocycles. The molecule has 0 fully saturated rings. The van der Waals surface area contributed by atoms with E-state index in [1.54, 1.807) is 30.1 Å². The second-order valence-corrected chi connectivity index (χ2v) is 7.74. The lowest BCUT2D eigenvalue weighted by Crippen LogP contribution is -2.28. The Bertz CT molecular complexity index is 1070. The van der Waals surface area contributed by atoms with E-state index in [9.17, 15) is 9.18 Å². The van der Waals surface area contributed by atoms with Crippen molar-refractivity contribution in [1.29, 1.82) is 0 Å². The fraction of sp³-hybridized carbons (Fsp3) is 0.238. The van der Waals surface area contributed by atoms with Gasteiger partial charge in [-0.2, -0.15) is 5.10 Å². The van der Waals surface area contributed by atoms with Gasteiger partial charge in [0.15, 0.2) is 5.16 Å². The van der Waals surface area contributed by atoms with Gasteiger partial charge in [-0.25, -0.2) is 9.40 Å². The van der Waals surface area contributed by atoms with Gasteiger partial charge < -0.3 is 9.30 Å². The summed E-state index contributed by atoms with van der Waals surface area (Å²) in [5, 5.41) is 14.6. The van der Waals surface area contributed by atoms with Gasteiger partial charge in [0.05, 0.1) is 24.6 Å². The lowest BCUT2D eigenvalue weighted by molar-refractivity contribution is -0.130. The van der Waals surface area contributed by atoms with E-state index in [0.717, 1.165) is 22.6 Å². The zero-order valence-corrected chi connectivity index (χ0v) is 17.3. The quantitative estimate of drug-likeness (QED) is 0.566. The van der Waals surface area contributed by atoms with Crippen molar-refractivity contribution in [3.8, 4) is 5.75 Å². The Morgan fingerprint density at radius 1 is 1.20 bits per heavy atom. The highest BCUT2D eigenvalue weighted by Gasteiger charge is 2.33. The lowest BCUT2D eigenvalue weighted by Gasteiger charge is -2.21. The normalized spacial score (nSPS) is 15.9. The van der Waals surface area contributed by atoms with E-state index in [1.807, 2.05) is 31.3 Å². The van der Waals surface area contributed by atoms with Gasteiger partial charge in [0.2, 0.25) is 0 Å². The fourth-order valence-electron chi connectivity index (χ4n) is 3.24. The van der Waals surface area contributed by atoms with Crippen LogP contribution >= 0.6 is 11.8 Å². The van der Waals surface area contributed by atoms with E-state index in [-0.39, 0.29) is 23.5 Å². The summed E-state index contributed by atoms with van der Waals surface area (Å²) >= 11 is 1.30. The second-order valence-electron chi connectivity index (χ2n) is 6.80. The third kappa shape index (κ3) is 4.20. The third-order valence-corrected chi connectivity index (χ3v) is 5.86. The van der Waals surface area contributed by atoms with Gasteiger partial charge in [0.25, 0.3) is 5.91 Å². The zero-order valence-electron chi connectivity index (χ0n) is 16.5. The van der Waals surface area contributed by atoms with Crippen molar-refractivity contribution in [1.82, 2.24) is 19.8 Å². The maximum Gasteiger partial charge on any atom is 0.253 e. The second kappa shape index (κ2) is 8.66. The molecule has 2 heterocycles. The van der Waals surface area contributed by atoms with Crippen molar-refractivity contribution in [2.24, 2.45) is 12.1 Å². The van der Waals surface area contributed by atoms with Gasteiger partial charge in [-0.1, -0.05) is 23.9 Å². The average molecular weight is 425 g/mol. The lowest BCUT2D eigenvalue weighted by atomic mass is 9.98. The number of hydrogen-bond acceptors (Lipinski definition) is 6. The SMILES string of the molecule is COc1ccc(C2=NN(C(=O)CSc3nncn3C)C(c3ccc(F)cc3)C2)cc1. The molecule has 1 aromatic heterocycles. The van der Waals surface area contributed by atoms with E-state index in [1.165, 1.54) is 28.9 Å². The van der Waals surface area contributed by atoms with Crippen LogP contribution in [0, 0.1) is 5.82 Å². The highest BCUT2D eigenvalue weighted by molar-refractivity contribution is 7.99. The molecular weight excluding hydrogens is 405 g/mol. The van der Waals surface area contributed by atoms with Crippen molar-refractivity contribution in [2.45, 2.75) is 17.6 Å². The fourth-order valence-corrected chi connectivity index (χ4v) is 3.98. The first-order valence-electron chi connectivity index (χ1n) is 9.31. The number of methoxy groups -OCH3 is 1. The highest BCUT2D eigenvalue weighted by atomic mass is 32.2. The number of hydrazone groups is 1. The van der Waals surface area contributed by atoms with Crippen LogP contribution in [0.5, 0.6) is 5.75 Å². The van der Waals surface area contributed by atoms with Crippen LogP contribution in [0.25, 0.3) is 0 Å². The smallest absolute Gasteiger partial charge is 0.253 e. The minimum absolute atomic E-state index is 0.152. The van der Waals surface area contributed by atoms with Gasteiger partial charge in [0, 0.05) is 13.5 Å². The summed E-state index contributed by atoms with van der Waals surface area (Å²) < 4.78 is 20.4. The summed E-state index contributed by atoms with van der Waals surface area (Å²) in [6.07, 6.45) is 2.13. The Labute approximate surface area is 177 Å². The number of thioether (sulfide) groups is 1. The van der Waals surface area contributed by atoms with Crippen molar-refractivity contribution < 1.29 is 13.9 Å². The molecule has 1 amide bonds. The molecule has 3 aromatic rings. The Kier molecular flexibility index (Phi) is 5.80. The number of carbonyl (C=O) groups excluding carboxylic acids is 1. The molecule has 0 saturated heterocycles. The van der Waals surface area contributed by atoms with Crippen LogP contribution in [0.15, 0.2) is 65.1 Å². The van der Waals surface area contributed by atoms with E-state index in [2.05, 4.69) is 15.3 Å². The number of halogens is 1. The summed E-state index contributed by atoms with van der Waals surface area (Å²) in [5.74, 6) is 0.453. The third-order valence-electron chi connectivity index (χ3n) is 4.84. The van der Waals surface area contributed by atoms with Gasteiger partial charge >= 0.3 is 0 Å². The van der Waals surface area contributed by atoms with Gasteiger partial charge in [-0.3, -0.25) is 4.79 Å². The predicted molar refractivity (Wildman–Crippen MR) is 112 cm³/mol. The standard InChI is InChI=1S/C21H20FN5O2S/c1-26-13-23-24-21(26)30-12-20(28)27-19(15-3-7-16(22)8-4-15)11-18(25-27)14-5-9-17(29-2)10-6-14/h3-10,13,19H,11-12H2,1-2H3. The monoisotopic (exact) mass is 425 g/mol. The number of ether oxygens (including phenoxy) is 1. The maximum absolute atomic E-state index is 13.4. The van der Waals surface area contributed by atoms with Crippen LogP contribution in [0.1, 0.15) is 23.6 Å². The summed E-state index contributed by atoms with van der Waals surface area (Å²) in [4.78, 5) is 13.0. The first-order chi connectivity index (χ1) is 14.5. The summed E-state index contributed by atoms with van der Waals surface area (Å²) in [5.41, 5.74) is 2.55. The largest absolute Gasteiger partial charge is 0.497 e. The van der Waals surface area contributed by atoms with Crippen LogP contribution in [0.2, 0.25) is 0 Å². The molecule has 0 N–H and O–H groups in total. The van der Waals surface area contributed by atoms with E-state index < -0.39 is 0 Å². The minimum atomic E-state index is -0.316. The first kappa shape index (κ1) is 20.1. The molecule has 1 aliphatic rings. The van der Waals surface area contributed by atoms with E-state index in [0.29, 0.717) is 11.6 Å². The Hall–Kier alpha value is -3.20. The number of rotatable bonds is 6. The molecule has 7 nitrogen and oxygen atoms in total. The van der Waals surface area contributed by atoms with E-state index >= 15 is 0 Å². The number of amides is 1. The predicted octanol–water partition coefficient (Wildman–Crippen LogP) is 3.43. The molecule has 2 aromatic carbocycles. The van der Waals surface area contributed by atoms with Crippen LogP contribution in [-0.4, -0.2) is 44.3 Å². The molecule has 30 heavy (non-hydrogen) atoms. The highest BCUT2D eigenvalue weighted by Crippen LogP contribution is 2.34. The Morgan fingerprint density at radius 2 is 1.93 bits per heavy atom. The number of hydrogen-bond donors (Lipinski definition) is 0. The molecule has 1 atom stereocenters. The molecule has 154 valence electrons. The zero-order chi connectivity index (χ0) is 21.1. The van der Waals surface area contributed by atoms with Crippen molar-refractivity contribution in [3.05, 3.63) is 71.8 Å². The molecule has 1 aliphatic heterocycles. The van der Waals surface area contributed by atoms with Crippen molar-refractivity contribution in [3.63, 3.8) is 0 Å². The van der Waals surface area contributed by atoms with E-state index in [4.69, 9.17) is 4.74 Å². The average Bonchev–Trinajstić information content (AvgIpc) is 3.39. The Morgan fingerprint density at radius 3 is 2.57 bits per heavy atom. The summed E-state index contributed by atoms with van der Waals surface area (Å²) in [6.45, 7) is 0. The Balaban J connectivity index is 1.59. The number of benzene rings is 2. The van der Waals surface area contributed by atoms with Crippen LogP contribution in [0.4, 0.5) is 4.39 Å². The van der Waals surface area contributed by atoms with Gasteiger partial charge in [0.1, 0.15) is 17.9 Å². The number of aromatic nitrogens is 3. The summed E-state index contributed by atoms with van der Waals surface area (Å²) in [7, 11) is 3.44. The van der Waals surface area contributed by atoms with Crippen LogP contribution in [-0.2, 0) is 11.8 Å².